The van der Waals surface area contributed by atoms with E-state index in [4.69, 9.17) is 5.73 Å². The van der Waals surface area contributed by atoms with E-state index >= 15 is 0 Å². The summed E-state index contributed by atoms with van der Waals surface area (Å²) in [5, 5.41) is 3.14. The maximum Gasteiger partial charge on any atom is 0.193 e. The highest BCUT2D eigenvalue weighted by atomic mass is 127. The van der Waals surface area contributed by atoms with E-state index in [2.05, 4.69) is 48.6 Å². The first-order valence-corrected chi connectivity index (χ1v) is 7.65. The fraction of sp³-hybridized carbons (Fsp3) is 0.500. The number of aryl methyl sites for hydroxylation is 2. The van der Waals surface area contributed by atoms with Gasteiger partial charge in [-0.15, -0.1) is 24.0 Å². The van der Waals surface area contributed by atoms with Crippen molar-refractivity contribution in [2.45, 2.75) is 26.7 Å². The van der Waals surface area contributed by atoms with Crippen molar-refractivity contribution in [1.29, 1.82) is 0 Å². The van der Waals surface area contributed by atoms with Gasteiger partial charge >= 0.3 is 0 Å². The molecule has 0 aliphatic heterocycles. The zero-order chi connectivity index (χ0) is 13.4. The van der Waals surface area contributed by atoms with Crippen LogP contribution in [0.2, 0.25) is 0 Å². The average molecular weight is 393 g/mol. The molecule has 0 saturated carbocycles. The number of rotatable bonds is 6. The number of unbranched alkanes of at least 4 members (excludes halogenated alkanes) is 1. The maximum absolute atomic E-state index is 5.85. The average Bonchev–Trinajstić information content (AvgIpc) is 2.27. The van der Waals surface area contributed by atoms with E-state index in [1.165, 1.54) is 23.3 Å². The van der Waals surface area contributed by atoms with Gasteiger partial charge in [-0.05, 0) is 62.0 Å². The van der Waals surface area contributed by atoms with Gasteiger partial charge in [0.15, 0.2) is 5.96 Å². The summed E-state index contributed by atoms with van der Waals surface area (Å²) in [6, 6.07) is 6.28. The number of guanidine groups is 1. The smallest absolute Gasteiger partial charge is 0.193 e. The largest absolute Gasteiger partial charge is 0.370 e. The minimum absolute atomic E-state index is 0. The fourth-order valence-corrected chi connectivity index (χ4v) is 2.28. The van der Waals surface area contributed by atoms with Gasteiger partial charge in [-0.3, -0.25) is 4.99 Å². The number of nitrogens with two attached hydrogens (primary N) is 1. The first-order chi connectivity index (χ1) is 8.61. The number of thioether (sulfide) groups is 1. The van der Waals surface area contributed by atoms with Crippen molar-refractivity contribution >= 4 is 47.4 Å². The molecule has 108 valence electrons. The standard InChI is InChI=1S/C14H23N3S.HI/c1-11-8-12(2)10-13(9-11)17-14(15)16-6-4-5-7-18-3;/h8-10H,4-7H2,1-3H3,(H3,15,16,17);1H. The molecule has 0 saturated heterocycles. The molecule has 5 heteroatoms. The molecule has 0 fully saturated rings. The number of halogens is 1. The van der Waals surface area contributed by atoms with E-state index in [0.717, 1.165) is 18.7 Å². The van der Waals surface area contributed by atoms with Crippen LogP contribution < -0.4 is 11.1 Å². The lowest BCUT2D eigenvalue weighted by Crippen LogP contribution is -2.23. The van der Waals surface area contributed by atoms with Crippen molar-refractivity contribution in [3.8, 4) is 0 Å². The van der Waals surface area contributed by atoms with Crippen LogP contribution in [0.3, 0.4) is 0 Å². The van der Waals surface area contributed by atoms with Crippen molar-refractivity contribution in [1.82, 2.24) is 0 Å². The lowest BCUT2D eigenvalue weighted by Gasteiger charge is -2.08. The van der Waals surface area contributed by atoms with Crippen molar-refractivity contribution in [2.24, 2.45) is 10.7 Å². The molecule has 0 amide bonds. The van der Waals surface area contributed by atoms with Gasteiger partial charge in [0.1, 0.15) is 0 Å². The normalized spacial score (nSPS) is 11.0. The number of anilines is 1. The zero-order valence-electron chi connectivity index (χ0n) is 11.9. The van der Waals surface area contributed by atoms with E-state index < -0.39 is 0 Å². The van der Waals surface area contributed by atoms with E-state index in [1.807, 2.05) is 11.8 Å². The Morgan fingerprint density at radius 1 is 1.21 bits per heavy atom. The summed E-state index contributed by atoms with van der Waals surface area (Å²) in [5.41, 5.74) is 9.32. The SMILES string of the molecule is CSCCCCN=C(N)Nc1cc(C)cc(C)c1.I. The predicted molar refractivity (Wildman–Crippen MR) is 99.1 cm³/mol. The number of nitrogens with zero attached hydrogens (tertiary/aromatic N) is 1. The van der Waals surface area contributed by atoms with E-state index in [9.17, 15) is 0 Å². The highest BCUT2D eigenvalue weighted by molar-refractivity contribution is 14.0. The molecule has 0 bridgehead atoms. The second kappa shape index (κ2) is 10.4. The fourth-order valence-electron chi connectivity index (χ4n) is 1.79. The van der Waals surface area contributed by atoms with Crippen molar-refractivity contribution in [2.75, 3.05) is 23.9 Å². The lowest BCUT2D eigenvalue weighted by molar-refractivity contribution is 0.815. The van der Waals surface area contributed by atoms with Gasteiger partial charge in [-0.2, -0.15) is 11.8 Å². The van der Waals surface area contributed by atoms with Crippen LogP contribution in [0, 0.1) is 13.8 Å². The highest BCUT2D eigenvalue weighted by Gasteiger charge is 1.97. The Balaban J connectivity index is 0.00000324. The predicted octanol–water partition coefficient (Wildman–Crippen LogP) is 3.79. The molecule has 0 unspecified atom stereocenters. The first kappa shape index (κ1) is 18.6. The Labute approximate surface area is 137 Å². The molecule has 3 N–H and O–H groups in total. The van der Waals surface area contributed by atoms with Gasteiger partial charge in [0.25, 0.3) is 0 Å². The first-order valence-electron chi connectivity index (χ1n) is 6.26. The molecule has 19 heavy (non-hydrogen) atoms. The molecule has 1 aromatic carbocycles. The molecule has 0 radical (unpaired) electrons. The minimum Gasteiger partial charge on any atom is -0.370 e. The molecular weight excluding hydrogens is 369 g/mol. The number of nitrogens with one attached hydrogen (secondary N) is 1. The molecule has 0 aliphatic carbocycles. The van der Waals surface area contributed by atoms with Crippen LogP contribution in [0.1, 0.15) is 24.0 Å². The number of hydrogen-bond donors (Lipinski definition) is 2. The quantitative estimate of drug-likeness (QED) is 0.335. The molecule has 0 aliphatic rings. The van der Waals surface area contributed by atoms with Crippen molar-refractivity contribution in [3.63, 3.8) is 0 Å². The Morgan fingerprint density at radius 3 is 2.42 bits per heavy atom. The Morgan fingerprint density at radius 2 is 1.84 bits per heavy atom. The molecule has 0 atom stereocenters. The molecule has 1 aromatic rings. The Kier molecular flexibility index (Phi) is 10.1. The summed E-state index contributed by atoms with van der Waals surface area (Å²) in [4.78, 5) is 4.32. The van der Waals surface area contributed by atoms with Gasteiger partial charge in [-0.25, -0.2) is 0 Å². The Bertz CT molecular complexity index is 387. The second-order valence-electron chi connectivity index (χ2n) is 4.47. The number of hydrogen-bond acceptors (Lipinski definition) is 2. The monoisotopic (exact) mass is 393 g/mol. The topological polar surface area (TPSA) is 50.4 Å². The van der Waals surface area contributed by atoms with Crippen LogP contribution in [-0.4, -0.2) is 24.5 Å². The molecule has 1 rings (SSSR count). The van der Waals surface area contributed by atoms with E-state index in [-0.39, 0.29) is 24.0 Å². The van der Waals surface area contributed by atoms with Crippen LogP contribution in [-0.2, 0) is 0 Å². The summed E-state index contributed by atoms with van der Waals surface area (Å²) in [6.45, 7) is 4.95. The molecule has 0 aromatic heterocycles. The van der Waals surface area contributed by atoms with Crippen molar-refractivity contribution < 1.29 is 0 Å². The van der Waals surface area contributed by atoms with Gasteiger partial charge < -0.3 is 11.1 Å². The highest BCUT2D eigenvalue weighted by Crippen LogP contribution is 2.13. The molecule has 0 spiro atoms. The van der Waals surface area contributed by atoms with E-state index in [1.54, 1.807) is 0 Å². The van der Waals surface area contributed by atoms with Crippen LogP contribution in [0.4, 0.5) is 5.69 Å². The summed E-state index contributed by atoms with van der Waals surface area (Å²) in [6.07, 6.45) is 4.41. The van der Waals surface area contributed by atoms with Gasteiger partial charge in [0.2, 0.25) is 0 Å². The van der Waals surface area contributed by atoms with Gasteiger partial charge in [-0.1, -0.05) is 6.07 Å². The third-order valence-corrected chi connectivity index (χ3v) is 3.23. The second-order valence-corrected chi connectivity index (χ2v) is 5.45. The number of aliphatic imine (C=N–C) groups is 1. The Hall–Kier alpha value is -0.430. The minimum atomic E-state index is 0. The molecular formula is C14H24IN3S. The van der Waals surface area contributed by atoms with Gasteiger partial charge in [0.05, 0.1) is 0 Å². The van der Waals surface area contributed by atoms with E-state index in [0.29, 0.717) is 5.96 Å². The van der Waals surface area contributed by atoms with Crippen LogP contribution in [0.25, 0.3) is 0 Å². The number of benzene rings is 1. The lowest BCUT2D eigenvalue weighted by atomic mass is 10.1. The van der Waals surface area contributed by atoms with Crippen LogP contribution in [0.15, 0.2) is 23.2 Å². The third kappa shape index (κ3) is 8.36. The van der Waals surface area contributed by atoms with Crippen molar-refractivity contribution in [3.05, 3.63) is 29.3 Å². The zero-order valence-corrected chi connectivity index (χ0v) is 15.0. The van der Waals surface area contributed by atoms with Crippen LogP contribution >= 0.6 is 35.7 Å². The van der Waals surface area contributed by atoms with Crippen LogP contribution in [0.5, 0.6) is 0 Å². The summed E-state index contributed by atoms with van der Waals surface area (Å²) < 4.78 is 0. The summed E-state index contributed by atoms with van der Waals surface area (Å²) in [5.74, 6) is 1.70. The summed E-state index contributed by atoms with van der Waals surface area (Å²) in [7, 11) is 0. The maximum atomic E-state index is 5.85. The molecule has 3 nitrogen and oxygen atoms in total. The van der Waals surface area contributed by atoms with Gasteiger partial charge in [0, 0.05) is 12.2 Å². The third-order valence-electron chi connectivity index (χ3n) is 2.53. The molecule has 0 heterocycles. The summed E-state index contributed by atoms with van der Waals surface area (Å²) >= 11 is 1.87.